The Morgan fingerprint density at radius 3 is 2.29 bits per heavy atom. The minimum atomic E-state index is -2.33. The molecule has 0 saturated heterocycles. The Morgan fingerprint density at radius 1 is 1.21 bits per heavy atom. The Morgan fingerprint density at radius 2 is 1.86 bits per heavy atom. The molecule has 0 bridgehead atoms. The summed E-state index contributed by atoms with van der Waals surface area (Å²) in [4.78, 5) is 0. The fourth-order valence-corrected chi connectivity index (χ4v) is 3.41. The van der Waals surface area contributed by atoms with Crippen molar-refractivity contribution in [3.8, 4) is 0 Å². The van der Waals surface area contributed by atoms with Crippen molar-refractivity contribution in [2.75, 3.05) is 20.8 Å². The molecule has 0 aromatic carbocycles. The third kappa shape index (κ3) is 4.90. The van der Waals surface area contributed by atoms with E-state index in [1.165, 1.54) is 0 Å². The van der Waals surface area contributed by atoms with Crippen LogP contribution in [0.15, 0.2) is 12.7 Å². The molecule has 0 amide bonds. The number of hydrogen-bond acceptors (Lipinski definition) is 3. The molecular weight excluding hydrogens is 196 g/mol. The third-order valence-electron chi connectivity index (χ3n) is 2.13. The molecule has 14 heavy (non-hydrogen) atoms. The first kappa shape index (κ1) is 13.8. The minimum absolute atomic E-state index is 0.648. The molecule has 4 heteroatoms. The van der Waals surface area contributed by atoms with Gasteiger partial charge in [0.1, 0.15) is 0 Å². The van der Waals surface area contributed by atoms with Crippen LogP contribution >= 0.6 is 0 Å². The largest absolute Gasteiger partial charge is 0.500 e. The SMILES string of the molecule is C=CCCCC[Si](OC)(OC)OCC. The maximum absolute atomic E-state index is 5.58. The van der Waals surface area contributed by atoms with Crippen LogP contribution in [0.3, 0.4) is 0 Å². The minimum Gasteiger partial charge on any atom is -0.377 e. The van der Waals surface area contributed by atoms with E-state index in [9.17, 15) is 0 Å². The van der Waals surface area contributed by atoms with Gasteiger partial charge in [0, 0.05) is 26.9 Å². The van der Waals surface area contributed by atoms with E-state index < -0.39 is 8.80 Å². The van der Waals surface area contributed by atoms with Gasteiger partial charge in [0.15, 0.2) is 0 Å². The lowest BCUT2D eigenvalue weighted by Gasteiger charge is -2.25. The molecule has 0 unspecified atom stereocenters. The predicted octanol–water partition coefficient (Wildman–Crippen LogP) is 2.61. The molecule has 0 aliphatic carbocycles. The average molecular weight is 218 g/mol. The normalized spacial score (nSPS) is 11.6. The summed E-state index contributed by atoms with van der Waals surface area (Å²) in [7, 11) is 1.00. The van der Waals surface area contributed by atoms with Gasteiger partial charge in [0.25, 0.3) is 0 Å². The van der Waals surface area contributed by atoms with Crippen LogP contribution in [0.5, 0.6) is 0 Å². The molecule has 84 valence electrons. The zero-order valence-corrected chi connectivity index (χ0v) is 10.5. The second-order valence-electron chi connectivity index (χ2n) is 3.06. The van der Waals surface area contributed by atoms with Crippen molar-refractivity contribution < 1.29 is 13.3 Å². The van der Waals surface area contributed by atoms with Crippen LogP contribution in [-0.2, 0) is 13.3 Å². The molecular formula is C10H22O3Si. The molecule has 0 atom stereocenters. The summed E-state index contributed by atoms with van der Waals surface area (Å²) in [6.07, 6.45) is 5.17. The first-order valence-electron chi connectivity index (χ1n) is 5.09. The fraction of sp³-hybridized carbons (Fsp3) is 0.800. The van der Waals surface area contributed by atoms with Crippen molar-refractivity contribution in [3.63, 3.8) is 0 Å². The van der Waals surface area contributed by atoms with Gasteiger partial charge in [-0.15, -0.1) is 6.58 Å². The van der Waals surface area contributed by atoms with E-state index in [4.69, 9.17) is 13.3 Å². The van der Waals surface area contributed by atoms with Gasteiger partial charge in [-0.2, -0.15) is 0 Å². The Bertz CT molecular complexity index is 146. The maximum Gasteiger partial charge on any atom is 0.500 e. The highest BCUT2D eigenvalue weighted by molar-refractivity contribution is 6.60. The van der Waals surface area contributed by atoms with Gasteiger partial charge in [-0.3, -0.25) is 0 Å². The van der Waals surface area contributed by atoms with E-state index in [2.05, 4.69) is 6.58 Å². The van der Waals surface area contributed by atoms with E-state index in [1.807, 2.05) is 13.0 Å². The highest BCUT2D eigenvalue weighted by atomic mass is 28.4. The van der Waals surface area contributed by atoms with E-state index in [1.54, 1.807) is 14.2 Å². The number of hydrogen-bond donors (Lipinski definition) is 0. The molecule has 0 saturated carbocycles. The average Bonchev–Trinajstić information content (AvgIpc) is 2.23. The Labute approximate surface area is 88.4 Å². The Hall–Kier alpha value is -0.163. The summed E-state index contributed by atoms with van der Waals surface area (Å²) in [6, 6.07) is 0.891. The highest BCUT2D eigenvalue weighted by Crippen LogP contribution is 2.17. The van der Waals surface area contributed by atoms with Gasteiger partial charge in [0.2, 0.25) is 0 Å². The highest BCUT2D eigenvalue weighted by Gasteiger charge is 2.37. The van der Waals surface area contributed by atoms with Crippen molar-refractivity contribution in [2.45, 2.75) is 32.2 Å². The van der Waals surface area contributed by atoms with Crippen molar-refractivity contribution in [3.05, 3.63) is 12.7 Å². The van der Waals surface area contributed by atoms with Gasteiger partial charge in [-0.1, -0.05) is 6.08 Å². The summed E-state index contributed by atoms with van der Waals surface area (Å²) < 4.78 is 16.3. The molecule has 0 aliphatic rings. The summed E-state index contributed by atoms with van der Waals surface area (Å²) in [5, 5.41) is 0. The van der Waals surface area contributed by atoms with Gasteiger partial charge < -0.3 is 13.3 Å². The molecule has 0 fully saturated rings. The van der Waals surface area contributed by atoms with Crippen LogP contribution in [0.2, 0.25) is 6.04 Å². The molecule has 0 radical (unpaired) electrons. The van der Waals surface area contributed by atoms with E-state index in [0.717, 1.165) is 25.3 Å². The smallest absolute Gasteiger partial charge is 0.377 e. The van der Waals surface area contributed by atoms with Crippen molar-refractivity contribution in [1.82, 2.24) is 0 Å². The lowest BCUT2D eigenvalue weighted by Crippen LogP contribution is -2.43. The number of unbranched alkanes of at least 4 members (excludes halogenated alkanes) is 2. The van der Waals surface area contributed by atoms with Crippen LogP contribution < -0.4 is 0 Å². The topological polar surface area (TPSA) is 27.7 Å². The standard InChI is InChI=1S/C10H22O3Si/c1-5-7-8-9-10-14(11-3,12-4)13-6-2/h5H,1,6-10H2,2-4H3. The second kappa shape index (κ2) is 8.17. The lowest BCUT2D eigenvalue weighted by atomic mass is 10.2. The fourth-order valence-electron chi connectivity index (χ4n) is 1.33. The number of rotatable bonds is 9. The third-order valence-corrected chi connectivity index (χ3v) is 5.07. The van der Waals surface area contributed by atoms with Gasteiger partial charge >= 0.3 is 8.80 Å². The van der Waals surface area contributed by atoms with Crippen LogP contribution in [0, 0.1) is 0 Å². The van der Waals surface area contributed by atoms with E-state index in [0.29, 0.717) is 6.61 Å². The monoisotopic (exact) mass is 218 g/mol. The van der Waals surface area contributed by atoms with Crippen molar-refractivity contribution >= 4 is 8.80 Å². The molecule has 0 rings (SSSR count). The summed E-state index contributed by atoms with van der Waals surface area (Å²) in [5.74, 6) is 0. The summed E-state index contributed by atoms with van der Waals surface area (Å²) >= 11 is 0. The zero-order valence-electron chi connectivity index (χ0n) is 9.54. The molecule has 0 N–H and O–H groups in total. The summed E-state index contributed by atoms with van der Waals surface area (Å²) in [5.41, 5.74) is 0. The first-order valence-corrected chi connectivity index (χ1v) is 7.03. The van der Waals surface area contributed by atoms with Crippen molar-refractivity contribution in [2.24, 2.45) is 0 Å². The molecule has 0 spiro atoms. The van der Waals surface area contributed by atoms with Crippen LogP contribution in [0.25, 0.3) is 0 Å². The quantitative estimate of drug-likeness (QED) is 0.338. The Balaban J connectivity index is 3.87. The molecule has 0 heterocycles. The maximum atomic E-state index is 5.58. The molecule has 0 aromatic rings. The van der Waals surface area contributed by atoms with Crippen LogP contribution in [-0.4, -0.2) is 29.6 Å². The second-order valence-corrected chi connectivity index (χ2v) is 6.03. The molecule has 0 aromatic heterocycles. The van der Waals surface area contributed by atoms with Gasteiger partial charge in [0.05, 0.1) is 0 Å². The van der Waals surface area contributed by atoms with Crippen LogP contribution in [0.1, 0.15) is 26.2 Å². The summed E-state index contributed by atoms with van der Waals surface area (Å²) in [6.45, 7) is 6.30. The first-order chi connectivity index (χ1) is 6.74. The van der Waals surface area contributed by atoms with Gasteiger partial charge in [-0.05, 0) is 26.2 Å². The number of allylic oxidation sites excluding steroid dienone is 1. The Kier molecular flexibility index (Phi) is 8.08. The van der Waals surface area contributed by atoms with E-state index >= 15 is 0 Å². The van der Waals surface area contributed by atoms with Gasteiger partial charge in [-0.25, -0.2) is 0 Å². The lowest BCUT2D eigenvalue weighted by molar-refractivity contribution is 0.103. The van der Waals surface area contributed by atoms with Crippen molar-refractivity contribution in [1.29, 1.82) is 0 Å². The molecule has 0 aliphatic heterocycles. The predicted molar refractivity (Wildman–Crippen MR) is 60.3 cm³/mol. The zero-order chi connectivity index (χ0) is 10.9. The molecule has 3 nitrogen and oxygen atoms in total. The van der Waals surface area contributed by atoms with E-state index in [-0.39, 0.29) is 0 Å². The van der Waals surface area contributed by atoms with Crippen LogP contribution in [0.4, 0.5) is 0 Å².